The fraction of sp³-hybridized carbons (Fsp3) is 0.278. The van der Waals surface area contributed by atoms with Crippen molar-refractivity contribution in [2.24, 2.45) is 0 Å². The monoisotopic (exact) mass is 277 g/mol. The molecule has 2 aromatic carbocycles. The number of para-hydroxylation sites is 3. The van der Waals surface area contributed by atoms with Crippen LogP contribution in [-0.4, -0.2) is 9.55 Å². The number of unbranched alkanes of at least 4 members (excludes halogenated alkanes) is 1. The lowest BCUT2D eigenvalue weighted by Gasteiger charge is -2.30. The first-order valence-corrected chi connectivity index (χ1v) is 7.71. The number of imidazole rings is 1. The normalized spacial score (nSPS) is 16.3. The Kier molecular flexibility index (Phi) is 2.92. The van der Waals surface area contributed by atoms with Crippen LogP contribution in [0.1, 0.15) is 32.4 Å². The molecule has 106 valence electrons. The molecule has 0 fully saturated rings. The molecule has 3 heteroatoms. The molecule has 1 atom stereocenters. The van der Waals surface area contributed by atoms with Crippen LogP contribution in [0.2, 0.25) is 0 Å². The predicted octanol–water partition coefficient (Wildman–Crippen LogP) is 4.82. The summed E-state index contributed by atoms with van der Waals surface area (Å²) in [5.74, 6) is 1.09. The molecule has 0 saturated carbocycles. The number of aromatic nitrogens is 2. The summed E-state index contributed by atoms with van der Waals surface area (Å²) >= 11 is 0. The smallest absolute Gasteiger partial charge is 0.144 e. The molecular formula is C18H19N3. The zero-order chi connectivity index (χ0) is 14.2. The van der Waals surface area contributed by atoms with Gasteiger partial charge in [-0.3, -0.25) is 0 Å². The molecule has 1 aromatic heterocycles. The third-order valence-corrected chi connectivity index (χ3v) is 4.23. The summed E-state index contributed by atoms with van der Waals surface area (Å²) < 4.78 is 2.37. The standard InChI is InChI=1S/C18H19N3/c1-2-3-12-17-19-14-9-5-4-8-13(14)18-20-15-10-6-7-11-16(15)21(17)18/h4-11,17,19H,2-3,12H2,1H3. The van der Waals surface area contributed by atoms with Crippen molar-refractivity contribution in [2.75, 3.05) is 5.32 Å². The van der Waals surface area contributed by atoms with Crippen molar-refractivity contribution >= 4 is 16.7 Å². The summed E-state index contributed by atoms with van der Waals surface area (Å²) in [6, 6.07) is 16.9. The number of nitrogens with zero attached hydrogens (tertiary/aromatic N) is 2. The van der Waals surface area contributed by atoms with Crippen LogP contribution in [0.5, 0.6) is 0 Å². The van der Waals surface area contributed by atoms with E-state index >= 15 is 0 Å². The van der Waals surface area contributed by atoms with E-state index < -0.39 is 0 Å². The summed E-state index contributed by atoms with van der Waals surface area (Å²) in [5.41, 5.74) is 4.69. The maximum absolute atomic E-state index is 4.88. The number of fused-ring (bicyclic) bond motifs is 5. The molecule has 3 nitrogen and oxygen atoms in total. The minimum absolute atomic E-state index is 0.294. The third-order valence-electron chi connectivity index (χ3n) is 4.23. The van der Waals surface area contributed by atoms with Crippen LogP contribution in [0.15, 0.2) is 48.5 Å². The van der Waals surface area contributed by atoms with Gasteiger partial charge in [0.1, 0.15) is 12.0 Å². The molecule has 0 saturated heterocycles. The second-order valence-corrected chi connectivity index (χ2v) is 5.64. The van der Waals surface area contributed by atoms with Gasteiger partial charge in [-0.1, -0.05) is 37.6 Å². The van der Waals surface area contributed by atoms with Gasteiger partial charge >= 0.3 is 0 Å². The highest BCUT2D eigenvalue weighted by Gasteiger charge is 2.26. The van der Waals surface area contributed by atoms with E-state index in [4.69, 9.17) is 4.98 Å². The van der Waals surface area contributed by atoms with Crippen molar-refractivity contribution in [3.8, 4) is 11.4 Å². The van der Waals surface area contributed by atoms with Gasteiger partial charge in [0.05, 0.1) is 11.0 Å². The first kappa shape index (κ1) is 12.5. The Morgan fingerprint density at radius 1 is 1.10 bits per heavy atom. The number of hydrogen-bond acceptors (Lipinski definition) is 2. The molecule has 21 heavy (non-hydrogen) atoms. The summed E-state index contributed by atoms with van der Waals surface area (Å²) in [7, 11) is 0. The second-order valence-electron chi connectivity index (χ2n) is 5.64. The van der Waals surface area contributed by atoms with Gasteiger partial charge in [0, 0.05) is 11.3 Å². The van der Waals surface area contributed by atoms with Crippen LogP contribution in [-0.2, 0) is 0 Å². The number of hydrogen-bond donors (Lipinski definition) is 1. The van der Waals surface area contributed by atoms with Crippen LogP contribution in [0, 0.1) is 0 Å². The Morgan fingerprint density at radius 2 is 1.90 bits per heavy atom. The fourth-order valence-electron chi connectivity index (χ4n) is 3.20. The largest absolute Gasteiger partial charge is 0.364 e. The molecule has 1 aliphatic heterocycles. The average molecular weight is 277 g/mol. The van der Waals surface area contributed by atoms with Crippen molar-refractivity contribution in [1.29, 1.82) is 0 Å². The highest BCUT2D eigenvalue weighted by atomic mass is 15.2. The Bertz CT molecular complexity index is 788. The molecule has 0 spiro atoms. The van der Waals surface area contributed by atoms with Crippen LogP contribution in [0.25, 0.3) is 22.4 Å². The van der Waals surface area contributed by atoms with Gasteiger partial charge in [-0.25, -0.2) is 4.98 Å². The van der Waals surface area contributed by atoms with E-state index in [1.165, 1.54) is 29.6 Å². The van der Waals surface area contributed by atoms with Gasteiger partial charge in [-0.15, -0.1) is 0 Å². The SMILES string of the molecule is CCCCC1Nc2ccccc2-c2nc3ccccc3n21. The van der Waals surface area contributed by atoms with Gasteiger partial charge in [0.15, 0.2) is 0 Å². The lowest BCUT2D eigenvalue weighted by atomic mass is 10.1. The molecule has 0 bridgehead atoms. The van der Waals surface area contributed by atoms with Gasteiger partial charge in [-0.05, 0) is 37.1 Å². The number of nitrogens with one attached hydrogen (secondary N) is 1. The molecule has 1 aliphatic rings. The molecule has 3 aromatic rings. The molecule has 0 radical (unpaired) electrons. The average Bonchev–Trinajstić information content (AvgIpc) is 2.92. The van der Waals surface area contributed by atoms with Gasteiger partial charge < -0.3 is 9.88 Å². The van der Waals surface area contributed by atoms with Gasteiger partial charge in [-0.2, -0.15) is 0 Å². The van der Waals surface area contributed by atoms with E-state index in [0.717, 1.165) is 17.8 Å². The van der Waals surface area contributed by atoms with Crippen molar-refractivity contribution in [3.05, 3.63) is 48.5 Å². The summed E-state index contributed by atoms with van der Waals surface area (Å²) in [6.07, 6.45) is 3.84. The molecule has 0 aliphatic carbocycles. The summed E-state index contributed by atoms with van der Waals surface area (Å²) in [5, 5.41) is 3.69. The number of rotatable bonds is 3. The number of anilines is 1. The van der Waals surface area contributed by atoms with E-state index in [2.05, 4.69) is 65.3 Å². The maximum Gasteiger partial charge on any atom is 0.144 e. The van der Waals surface area contributed by atoms with Crippen molar-refractivity contribution < 1.29 is 0 Å². The van der Waals surface area contributed by atoms with Crippen LogP contribution in [0.3, 0.4) is 0 Å². The van der Waals surface area contributed by atoms with E-state index in [1.807, 2.05) is 0 Å². The van der Waals surface area contributed by atoms with Gasteiger partial charge in [0.25, 0.3) is 0 Å². The van der Waals surface area contributed by atoms with E-state index in [9.17, 15) is 0 Å². The Hall–Kier alpha value is -2.29. The molecule has 4 rings (SSSR count). The van der Waals surface area contributed by atoms with E-state index in [-0.39, 0.29) is 0 Å². The molecule has 1 N–H and O–H groups in total. The Labute approximate surface area is 124 Å². The minimum Gasteiger partial charge on any atom is -0.364 e. The lowest BCUT2D eigenvalue weighted by molar-refractivity contribution is 0.506. The van der Waals surface area contributed by atoms with Crippen molar-refractivity contribution in [1.82, 2.24) is 9.55 Å². The van der Waals surface area contributed by atoms with Gasteiger partial charge in [0.2, 0.25) is 0 Å². The lowest BCUT2D eigenvalue weighted by Crippen LogP contribution is -2.23. The van der Waals surface area contributed by atoms with Crippen molar-refractivity contribution in [3.63, 3.8) is 0 Å². The first-order chi connectivity index (χ1) is 10.4. The van der Waals surface area contributed by atoms with Crippen LogP contribution in [0.4, 0.5) is 5.69 Å². The van der Waals surface area contributed by atoms with E-state index in [1.54, 1.807) is 0 Å². The fourth-order valence-corrected chi connectivity index (χ4v) is 3.20. The maximum atomic E-state index is 4.88. The van der Waals surface area contributed by atoms with Crippen molar-refractivity contribution in [2.45, 2.75) is 32.4 Å². The third kappa shape index (κ3) is 1.92. The molecular weight excluding hydrogens is 258 g/mol. The quantitative estimate of drug-likeness (QED) is 0.744. The Morgan fingerprint density at radius 3 is 2.81 bits per heavy atom. The summed E-state index contributed by atoms with van der Waals surface area (Å²) in [4.78, 5) is 4.88. The predicted molar refractivity (Wildman–Crippen MR) is 87.4 cm³/mol. The zero-order valence-electron chi connectivity index (χ0n) is 12.2. The highest BCUT2D eigenvalue weighted by Crippen LogP contribution is 2.39. The zero-order valence-corrected chi connectivity index (χ0v) is 12.2. The first-order valence-electron chi connectivity index (χ1n) is 7.71. The second kappa shape index (κ2) is 4.92. The molecule has 1 unspecified atom stereocenters. The molecule has 2 heterocycles. The summed E-state index contributed by atoms with van der Waals surface area (Å²) in [6.45, 7) is 2.24. The topological polar surface area (TPSA) is 29.9 Å². The number of benzene rings is 2. The molecule has 0 amide bonds. The Balaban J connectivity index is 1.95. The van der Waals surface area contributed by atoms with E-state index in [0.29, 0.717) is 6.17 Å². The minimum atomic E-state index is 0.294. The van der Waals surface area contributed by atoms with Crippen LogP contribution >= 0.6 is 0 Å². The highest BCUT2D eigenvalue weighted by molar-refractivity contribution is 5.86. The van der Waals surface area contributed by atoms with Crippen LogP contribution < -0.4 is 5.32 Å².